The van der Waals surface area contributed by atoms with Crippen LogP contribution in [0.15, 0.2) is 0 Å². The fourth-order valence-corrected chi connectivity index (χ4v) is 3.31. The Morgan fingerprint density at radius 2 is 1.67 bits per heavy atom. The number of hydrogen-bond donors (Lipinski definition) is 1. The molecule has 108 valence electrons. The van der Waals surface area contributed by atoms with Crippen LogP contribution in [-0.4, -0.2) is 31.3 Å². The molecule has 0 radical (unpaired) electrons. The van der Waals surface area contributed by atoms with E-state index in [0.29, 0.717) is 25.6 Å². The SMILES string of the molecule is CCOP(=O)(OCC)C(C)N[C@H](C=O)CC(C)C. The average molecular weight is 279 g/mol. The first kappa shape index (κ1) is 17.8. The van der Waals surface area contributed by atoms with Crippen molar-refractivity contribution in [2.45, 2.75) is 52.9 Å². The summed E-state index contributed by atoms with van der Waals surface area (Å²) in [6.45, 7) is 9.97. The second-order valence-electron chi connectivity index (χ2n) is 4.59. The predicted octanol–water partition coefficient (Wildman–Crippen LogP) is 2.80. The molecule has 0 bridgehead atoms. The van der Waals surface area contributed by atoms with Crippen molar-refractivity contribution in [2.24, 2.45) is 5.92 Å². The van der Waals surface area contributed by atoms with E-state index in [4.69, 9.17) is 9.05 Å². The number of carbonyl (C=O) groups is 1. The van der Waals surface area contributed by atoms with Gasteiger partial charge < -0.3 is 13.8 Å². The van der Waals surface area contributed by atoms with Crippen molar-refractivity contribution in [3.8, 4) is 0 Å². The molecule has 0 aliphatic carbocycles. The molecule has 0 spiro atoms. The minimum atomic E-state index is -3.19. The predicted molar refractivity (Wildman–Crippen MR) is 72.8 cm³/mol. The van der Waals surface area contributed by atoms with Crippen LogP contribution in [0.1, 0.15) is 41.0 Å². The zero-order valence-electron chi connectivity index (χ0n) is 12.0. The van der Waals surface area contributed by atoms with Crippen molar-refractivity contribution in [3.05, 3.63) is 0 Å². The van der Waals surface area contributed by atoms with Crippen molar-refractivity contribution in [2.75, 3.05) is 13.2 Å². The van der Waals surface area contributed by atoms with Gasteiger partial charge in [-0.15, -0.1) is 0 Å². The van der Waals surface area contributed by atoms with E-state index in [0.717, 1.165) is 6.29 Å². The average Bonchev–Trinajstić information content (AvgIpc) is 2.28. The Balaban J connectivity index is 4.61. The molecule has 0 saturated heterocycles. The Morgan fingerprint density at radius 1 is 1.17 bits per heavy atom. The lowest BCUT2D eigenvalue weighted by atomic mass is 10.1. The van der Waals surface area contributed by atoms with Gasteiger partial charge in [0.1, 0.15) is 12.1 Å². The van der Waals surface area contributed by atoms with Crippen LogP contribution in [0.3, 0.4) is 0 Å². The lowest BCUT2D eigenvalue weighted by Crippen LogP contribution is -2.39. The van der Waals surface area contributed by atoms with E-state index >= 15 is 0 Å². The van der Waals surface area contributed by atoms with Crippen molar-refractivity contribution < 1.29 is 18.4 Å². The monoisotopic (exact) mass is 279 g/mol. The van der Waals surface area contributed by atoms with E-state index in [1.807, 2.05) is 13.8 Å². The summed E-state index contributed by atoms with van der Waals surface area (Å²) in [6.07, 6.45) is 1.55. The highest BCUT2D eigenvalue weighted by molar-refractivity contribution is 7.54. The summed E-state index contributed by atoms with van der Waals surface area (Å²) < 4.78 is 22.9. The Kier molecular flexibility index (Phi) is 8.70. The number of hydrogen-bond acceptors (Lipinski definition) is 5. The zero-order valence-corrected chi connectivity index (χ0v) is 12.9. The molecule has 0 fully saturated rings. The molecular formula is C12H26NO4P. The van der Waals surface area contributed by atoms with Gasteiger partial charge in [-0.25, -0.2) is 0 Å². The van der Waals surface area contributed by atoms with E-state index in [2.05, 4.69) is 5.32 Å². The maximum absolute atomic E-state index is 12.4. The first-order valence-electron chi connectivity index (χ1n) is 6.49. The smallest absolute Gasteiger partial charge is 0.308 e. The molecule has 5 nitrogen and oxygen atoms in total. The standard InChI is InChI=1S/C12H26NO4P/c1-6-16-18(15,17-7-2)11(5)13-12(9-14)8-10(3)4/h9-13H,6-8H2,1-5H3/t11?,12-/m0/s1. The molecule has 18 heavy (non-hydrogen) atoms. The fraction of sp³-hybridized carbons (Fsp3) is 0.917. The molecule has 0 aromatic rings. The van der Waals surface area contributed by atoms with Crippen LogP contribution in [0.25, 0.3) is 0 Å². The Labute approximate surface area is 110 Å². The molecule has 1 unspecified atom stereocenters. The molecule has 0 aromatic heterocycles. The van der Waals surface area contributed by atoms with Crippen LogP contribution < -0.4 is 5.32 Å². The van der Waals surface area contributed by atoms with Crippen LogP contribution in [0.4, 0.5) is 0 Å². The van der Waals surface area contributed by atoms with E-state index in [9.17, 15) is 9.36 Å². The maximum atomic E-state index is 12.4. The van der Waals surface area contributed by atoms with Gasteiger partial charge in [-0.2, -0.15) is 0 Å². The summed E-state index contributed by atoms with van der Waals surface area (Å²) >= 11 is 0. The molecule has 0 aromatic carbocycles. The molecule has 2 atom stereocenters. The highest BCUT2D eigenvalue weighted by Crippen LogP contribution is 2.51. The summed E-state index contributed by atoms with van der Waals surface area (Å²) in [5.74, 6) is -0.107. The van der Waals surface area contributed by atoms with Gasteiger partial charge in [-0.3, -0.25) is 9.88 Å². The number of carbonyl (C=O) groups excluding carboxylic acids is 1. The third kappa shape index (κ3) is 6.10. The first-order valence-corrected chi connectivity index (χ1v) is 8.10. The van der Waals surface area contributed by atoms with Crippen LogP contribution in [0, 0.1) is 5.92 Å². The second-order valence-corrected chi connectivity index (χ2v) is 6.96. The van der Waals surface area contributed by atoms with Gasteiger partial charge in [0.25, 0.3) is 0 Å². The molecule has 0 aliphatic rings. The van der Waals surface area contributed by atoms with Crippen molar-refractivity contribution in [1.29, 1.82) is 0 Å². The van der Waals surface area contributed by atoms with Gasteiger partial charge in [0.2, 0.25) is 0 Å². The summed E-state index contributed by atoms with van der Waals surface area (Å²) in [5, 5.41) is 3.03. The third-order valence-electron chi connectivity index (χ3n) is 2.44. The van der Waals surface area contributed by atoms with Crippen molar-refractivity contribution in [1.82, 2.24) is 5.32 Å². The molecule has 0 saturated carbocycles. The van der Waals surface area contributed by atoms with E-state index in [1.54, 1.807) is 20.8 Å². The highest BCUT2D eigenvalue weighted by Gasteiger charge is 2.33. The summed E-state index contributed by atoms with van der Waals surface area (Å²) in [7, 11) is -3.19. The molecule has 0 heterocycles. The molecule has 0 amide bonds. The number of aldehydes is 1. The fourth-order valence-electron chi connectivity index (χ4n) is 1.69. The summed E-state index contributed by atoms with van der Waals surface area (Å²) in [6, 6.07) is -0.325. The van der Waals surface area contributed by atoms with Crippen LogP contribution in [0.2, 0.25) is 0 Å². The van der Waals surface area contributed by atoms with Crippen molar-refractivity contribution >= 4 is 13.9 Å². The summed E-state index contributed by atoms with van der Waals surface area (Å²) in [4.78, 5) is 11.0. The molecular weight excluding hydrogens is 253 g/mol. The lowest BCUT2D eigenvalue weighted by molar-refractivity contribution is -0.110. The molecule has 6 heteroatoms. The van der Waals surface area contributed by atoms with Gasteiger partial charge in [0, 0.05) is 0 Å². The largest absolute Gasteiger partial charge is 0.347 e. The lowest BCUT2D eigenvalue weighted by Gasteiger charge is -2.27. The highest BCUT2D eigenvalue weighted by atomic mass is 31.2. The Hall–Kier alpha value is -0.220. The van der Waals surface area contributed by atoms with Gasteiger partial charge in [-0.1, -0.05) is 13.8 Å². The number of nitrogens with one attached hydrogen (secondary N) is 1. The zero-order chi connectivity index (χ0) is 14.2. The van der Waals surface area contributed by atoms with Gasteiger partial charge in [-0.05, 0) is 33.1 Å². The minimum Gasteiger partial charge on any atom is -0.308 e. The van der Waals surface area contributed by atoms with Crippen LogP contribution >= 0.6 is 7.60 Å². The molecule has 1 N–H and O–H groups in total. The first-order chi connectivity index (χ1) is 8.39. The second kappa shape index (κ2) is 8.81. The van der Waals surface area contributed by atoms with Gasteiger partial charge >= 0.3 is 7.60 Å². The quantitative estimate of drug-likeness (QED) is 0.492. The third-order valence-corrected chi connectivity index (χ3v) is 4.77. The summed E-state index contributed by atoms with van der Waals surface area (Å²) in [5.41, 5.74) is 0. The van der Waals surface area contributed by atoms with Crippen LogP contribution in [-0.2, 0) is 18.4 Å². The minimum absolute atomic E-state index is 0.319. The van der Waals surface area contributed by atoms with Crippen LogP contribution in [0.5, 0.6) is 0 Å². The molecule has 0 aliphatic heterocycles. The number of rotatable bonds is 10. The Morgan fingerprint density at radius 3 is 2.00 bits per heavy atom. The normalized spacial score (nSPS) is 15.7. The van der Waals surface area contributed by atoms with Gasteiger partial charge in [0.15, 0.2) is 0 Å². The van der Waals surface area contributed by atoms with E-state index < -0.39 is 13.4 Å². The van der Waals surface area contributed by atoms with E-state index in [1.165, 1.54) is 0 Å². The Bertz CT molecular complexity index is 273. The topological polar surface area (TPSA) is 64.6 Å². The van der Waals surface area contributed by atoms with E-state index in [-0.39, 0.29) is 6.04 Å². The van der Waals surface area contributed by atoms with Crippen molar-refractivity contribution in [3.63, 3.8) is 0 Å². The van der Waals surface area contributed by atoms with Gasteiger partial charge in [0.05, 0.1) is 19.3 Å². The molecule has 0 rings (SSSR count). The maximum Gasteiger partial charge on any atom is 0.347 e.